The highest BCUT2D eigenvalue weighted by molar-refractivity contribution is 7.27. The zero-order valence-corrected chi connectivity index (χ0v) is 39.1. The Bertz CT molecular complexity index is 1860. The second kappa shape index (κ2) is 19.6. The molecule has 3 aromatic heterocycles. The molecule has 0 aliphatic carbocycles. The van der Waals surface area contributed by atoms with E-state index in [1.807, 2.05) is 11.3 Å². The van der Waals surface area contributed by atoms with Crippen molar-refractivity contribution in [2.24, 2.45) is 11.8 Å². The summed E-state index contributed by atoms with van der Waals surface area (Å²) in [4.78, 5) is 34.4. The second-order valence-electron chi connectivity index (χ2n) is 18.4. The van der Waals surface area contributed by atoms with Gasteiger partial charge in [-0.1, -0.05) is 147 Å². The highest BCUT2D eigenvalue weighted by atomic mass is 32.1. The number of hydrogen-bond acceptors (Lipinski definition) is 7. The van der Waals surface area contributed by atoms with Gasteiger partial charge in [0.25, 0.3) is 11.8 Å². The fourth-order valence-electron chi connectivity index (χ4n) is 7.82. The summed E-state index contributed by atoms with van der Waals surface area (Å²) in [7, 11) is 0. The summed E-state index contributed by atoms with van der Waals surface area (Å²) in [6, 6.07) is 4.61. The fraction of sp³-hybridized carbons (Fsp3) is 0.667. The Morgan fingerprint density at radius 3 is 1.66 bits per heavy atom. The molecule has 2 unspecified atom stereocenters. The van der Waals surface area contributed by atoms with Gasteiger partial charge < -0.3 is 9.47 Å². The van der Waals surface area contributed by atoms with Crippen LogP contribution in [-0.4, -0.2) is 36.5 Å². The van der Waals surface area contributed by atoms with Crippen molar-refractivity contribution in [1.82, 2.24) is 4.90 Å². The lowest BCUT2D eigenvalue weighted by molar-refractivity contribution is 0.0650. The number of thiophene rings is 3. The topological polar surface area (TPSA) is 55.8 Å². The van der Waals surface area contributed by atoms with Crippen molar-refractivity contribution in [3.05, 3.63) is 33.0 Å². The molecule has 0 radical (unpaired) electrons. The molecule has 0 saturated carbocycles. The molecule has 1 aliphatic rings. The van der Waals surface area contributed by atoms with Gasteiger partial charge >= 0.3 is 0 Å². The molecule has 5 rings (SSSR count). The number of ether oxygens (including phenoxy) is 2. The van der Waals surface area contributed by atoms with E-state index in [9.17, 15) is 9.59 Å². The first-order chi connectivity index (χ1) is 26.7. The molecule has 0 N–H and O–H groups in total. The molecular weight excluding hydrogens is 751 g/mol. The predicted octanol–water partition coefficient (Wildman–Crippen LogP) is 15.6. The third-order valence-electron chi connectivity index (χ3n) is 11.6. The van der Waals surface area contributed by atoms with Gasteiger partial charge in [0.1, 0.15) is 11.5 Å². The first kappa shape index (κ1) is 44.7. The molecule has 56 heavy (non-hydrogen) atoms. The number of imide groups is 1. The van der Waals surface area contributed by atoms with Crippen LogP contribution >= 0.6 is 34.0 Å². The maximum absolute atomic E-state index is 14.4. The number of fused-ring (bicyclic) bond motifs is 3. The van der Waals surface area contributed by atoms with E-state index < -0.39 is 0 Å². The molecule has 1 aromatic carbocycles. The molecule has 310 valence electrons. The van der Waals surface area contributed by atoms with Crippen LogP contribution in [0.3, 0.4) is 0 Å². The summed E-state index contributed by atoms with van der Waals surface area (Å²) in [5.74, 6) is 2.59. The summed E-state index contributed by atoms with van der Waals surface area (Å²) < 4.78 is 16.3. The third-order valence-corrected chi connectivity index (χ3v) is 16.1. The predicted molar refractivity (Wildman–Crippen MR) is 244 cm³/mol. The van der Waals surface area contributed by atoms with Crippen LogP contribution in [0, 0.1) is 11.8 Å². The highest BCUT2D eigenvalue weighted by Crippen LogP contribution is 2.55. The molecule has 2 amide bonds. The maximum atomic E-state index is 14.4. The van der Waals surface area contributed by atoms with Crippen LogP contribution in [0.15, 0.2) is 12.1 Å². The molecule has 8 heteroatoms. The summed E-state index contributed by atoms with van der Waals surface area (Å²) in [6.07, 6.45) is 15.9. The van der Waals surface area contributed by atoms with Crippen molar-refractivity contribution in [3.63, 3.8) is 0 Å². The molecule has 2 atom stereocenters. The number of rotatable bonds is 22. The van der Waals surface area contributed by atoms with E-state index in [0.29, 0.717) is 42.7 Å². The normalized spacial score (nSPS) is 14.7. The van der Waals surface area contributed by atoms with E-state index >= 15 is 0 Å². The Morgan fingerprint density at radius 1 is 0.607 bits per heavy atom. The summed E-state index contributed by atoms with van der Waals surface area (Å²) >= 11 is 5.17. The van der Waals surface area contributed by atoms with Crippen molar-refractivity contribution in [1.29, 1.82) is 0 Å². The quantitative estimate of drug-likeness (QED) is 0.0585. The van der Waals surface area contributed by atoms with Crippen molar-refractivity contribution in [2.75, 3.05) is 19.8 Å². The van der Waals surface area contributed by atoms with Gasteiger partial charge in [0.2, 0.25) is 0 Å². The lowest BCUT2D eigenvalue weighted by atomic mass is 9.90. The number of amides is 2. The molecule has 4 heterocycles. The Kier molecular flexibility index (Phi) is 15.6. The van der Waals surface area contributed by atoms with Gasteiger partial charge in [0.15, 0.2) is 0 Å². The van der Waals surface area contributed by atoms with E-state index in [2.05, 4.69) is 88.3 Å². The summed E-state index contributed by atoms with van der Waals surface area (Å²) in [6.45, 7) is 26.5. The molecule has 4 aromatic rings. The van der Waals surface area contributed by atoms with Gasteiger partial charge in [-0.25, -0.2) is 0 Å². The minimum atomic E-state index is -0.286. The van der Waals surface area contributed by atoms with Gasteiger partial charge in [0.05, 0.1) is 38.6 Å². The van der Waals surface area contributed by atoms with Crippen LogP contribution in [0.5, 0.6) is 11.5 Å². The molecule has 1 aliphatic heterocycles. The summed E-state index contributed by atoms with van der Waals surface area (Å²) in [5.41, 5.74) is 0.913. The Labute approximate surface area is 350 Å². The number of unbranched alkanes of at least 4 members (excludes halogenated alkanes) is 7. The largest absolute Gasteiger partial charge is 0.491 e. The third kappa shape index (κ3) is 9.88. The molecule has 0 bridgehead atoms. The average molecular weight is 822 g/mol. The Balaban J connectivity index is 1.68. The number of hydrogen-bond donors (Lipinski definition) is 0. The SMILES string of the molecule is CCCCCCCCN1C(=O)c2c(-c3cc4c(OCC(CC)CCCC)c5sc(C(C)(C)C)cc5c(OCC(CC)CCCC)c4s3)sc(C(C)(C)C)c2C1=O. The van der Waals surface area contributed by atoms with Crippen molar-refractivity contribution >= 4 is 66.0 Å². The van der Waals surface area contributed by atoms with Crippen LogP contribution in [0.4, 0.5) is 0 Å². The standard InChI is InChI=1S/C48H71NO4S3/c1-12-17-20-21-22-23-26-49-45(50)37-38(46(49)51)44(48(9,10)11)56-43(37)35-27-33-39(52-29-31(15-4)24-18-13-2)42-34(28-36(55-42)47(6,7)8)40(41(33)54-35)53-30-32(16-5)25-19-14-3/h27-28,31-32H,12-26,29-30H2,1-11H3. The zero-order chi connectivity index (χ0) is 40.8. The molecule has 0 spiro atoms. The van der Waals surface area contributed by atoms with Crippen LogP contribution < -0.4 is 9.47 Å². The minimum Gasteiger partial charge on any atom is -0.491 e. The summed E-state index contributed by atoms with van der Waals surface area (Å²) in [5, 5.41) is 2.19. The van der Waals surface area contributed by atoms with Gasteiger partial charge in [-0.3, -0.25) is 14.5 Å². The lowest BCUT2D eigenvalue weighted by Gasteiger charge is -2.19. The number of carbonyl (C=O) groups excluding carboxylic acids is 2. The van der Waals surface area contributed by atoms with Gasteiger partial charge in [-0.15, -0.1) is 34.0 Å². The number of nitrogens with zero attached hydrogens (tertiary/aromatic N) is 1. The molecule has 0 saturated heterocycles. The van der Waals surface area contributed by atoms with E-state index in [1.54, 1.807) is 27.6 Å². The van der Waals surface area contributed by atoms with Gasteiger partial charge in [-0.2, -0.15) is 0 Å². The van der Waals surface area contributed by atoms with Crippen molar-refractivity contribution < 1.29 is 19.1 Å². The molecule has 0 fully saturated rings. The van der Waals surface area contributed by atoms with Crippen LogP contribution in [-0.2, 0) is 10.8 Å². The van der Waals surface area contributed by atoms with Crippen LogP contribution in [0.2, 0.25) is 0 Å². The van der Waals surface area contributed by atoms with E-state index in [-0.39, 0.29) is 22.6 Å². The van der Waals surface area contributed by atoms with Crippen LogP contribution in [0.1, 0.15) is 197 Å². The van der Waals surface area contributed by atoms with E-state index in [4.69, 9.17) is 9.47 Å². The van der Waals surface area contributed by atoms with E-state index in [1.165, 1.54) is 49.8 Å². The Morgan fingerprint density at radius 2 is 1.12 bits per heavy atom. The number of carbonyl (C=O) groups is 2. The molecular formula is C48H71NO4S3. The Hall–Kier alpha value is -2.42. The molecule has 5 nitrogen and oxygen atoms in total. The highest BCUT2D eigenvalue weighted by Gasteiger charge is 2.44. The minimum absolute atomic E-state index is 0.0217. The smallest absolute Gasteiger partial charge is 0.263 e. The van der Waals surface area contributed by atoms with E-state index in [0.717, 1.165) is 91.2 Å². The lowest BCUT2D eigenvalue weighted by Crippen LogP contribution is -2.31. The van der Waals surface area contributed by atoms with Crippen molar-refractivity contribution in [2.45, 2.75) is 177 Å². The number of benzene rings is 1. The second-order valence-corrected chi connectivity index (χ2v) is 21.5. The first-order valence-corrected chi connectivity index (χ1v) is 24.5. The van der Waals surface area contributed by atoms with Crippen molar-refractivity contribution in [3.8, 4) is 21.3 Å². The zero-order valence-electron chi connectivity index (χ0n) is 36.6. The van der Waals surface area contributed by atoms with Crippen LogP contribution in [0.25, 0.3) is 29.9 Å². The average Bonchev–Trinajstić information content (AvgIpc) is 3.94. The monoisotopic (exact) mass is 821 g/mol. The fourth-order valence-corrected chi connectivity index (χ4v) is 11.7. The first-order valence-electron chi connectivity index (χ1n) is 22.0. The maximum Gasteiger partial charge on any atom is 0.263 e. The van der Waals surface area contributed by atoms with Gasteiger partial charge in [0, 0.05) is 31.9 Å². The van der Waals surface area contributed by atoms with Gasteiger partial charge in [-0.05, 0) is 54.1 Å².